The number of hydrogen-bond donors (Lipinski definition) is 1. The van der Waals surface area contributed by atoms with Crippen molar-refractivity contribution in [3.8, 4) is 16.2 Å². The monoisotopic (exact) mass is 373 g/mol. The van der Waals surface area contributed by atoms with E-state index < -0.39 is 10.0 Å². The molecule has 2 aromatic carbocycles. The number of rotatable bonds is 6. The molecular formula is C19H19NO3S2. The van der Waals surface area contributed by atoms with Crippen molar-refractivity contribution >= 4 is 21.4 Å². The molecule has 1 N–H and O–H groups in total. The fraction of sp³-hybridized carbons (Fsp3) is 0.158. The Balaban J connectivity index is 1.76. The molecule has 0 aliphatic heterocycles. The summed E-state index contributed by atoms with van der Waals surface area (Å²) in [6.45, 7) is 2.24. The molecule has 0 aliphatic carbocycles. The second kappa shape index (κ2) is 7.39. The van der Waals surface area contributed by atoms with E-state index in [1.54, 1.807) is 13.2 Å². The number of ether oxygens (including phenoxy) is 1. The van der Waals surface area contributed by atoms with Crippen LogP contribution in [-0.4, -0.2) is 15.5 Å². The largest absolute Gasteiger partial charge is 0.497 e. The molecule has 1 heterocycles. The quantitative estimate of drug-likeness (QED) is 0.704. The minimum atomic E-state index is -3.55. The van der Waals surface area contributed by atoms with Gasteiger partial charge in [-0.15, -0.1) is 11.3 Å². The molecule has 0 saturated heterocycles. The lowest BCUT2D eigenvalue weighted by Crippen LogP contribution is -2.22. The van der Waals surface area contributed by atoms with Crippen LogP contribution in [-0.2, 0) is 16.6 Å². The summed E-state index contributed by atoms with van der Waals surface area (Å²) in [5.41, 5.74) is 3.02. The maximum atomic E-state index is 12.5. The van der Waals surface area contributed by atoms with E-state index >= 15 is 0 Å². The van der Waals surface area contributed by atoms with Crippen LogP contribution in [0.5, 0.6) is 5.75 Å². The predicted octanol–water partition coefficient (Wildman–Crippen LogP) is 4.21. The highest BCUT2D eigenvalue weighted by atomic mass is 32.2. The Morgan fingerprint density at radius 1 is 1.04 bits per heavy atom. The van der Waals surface area contributed by atoms with Crippen molar-refractivity contribution in [2.45, 2.75) is 17.7 Å². The standard InChI is InChI=1S/C19H19NO3S2/c1-14-5-3-7-16(11-14)18-9-10-19(24-18)25(21,22)20-13-15-6-4-8-17(12-15)23-2/h3-12,20H,13H2,1-2H3. The van der Waals surface area contributed by atoms with Crippen LogP contribution in [0, 0.1) is 6.92 Å². The molecule has 0 aliphatic rings. The first-order valence-corrected chi connectivity index (χ1v) is 10.1. The van der Waals surface area contributed by atoms with Crippen molar-refractivity contribution in [1.29, 1.82) is 0 Å². The van der Waals surface area contributed by atoms with Crippen molar-refractivity contribution in [2.24, 2.45) is 0 Å². The third-order valence-electron chi connectivity index (χ3n) is 3.75. The Morgan fingerprint density at radius 3 is 2.60 bits per heavy atom. The predicted molar refractivity (Wildman–Crippen MR) is 102 cm³/mol. The highest BCUT2D eigenvalue weighted by molar-refractivity contribution is 7.91. The second-order valence-electron chi connectivity index (χ2n) is 5.66. The number of sulfonamides is 1. The zero-order valence-corrected chi connectivity index (χ0v) is 15.7. The highest BCUT2D eigenvalue weighted by Gasteiger charge is 2.17. The van der Waals surface area contributed by atoms with Gasteiger partial charge >= 0.3 is 0 Å². The van der Waals surface area contributed by atoms with Gasteiger partial charge in [0.05, 0.1) is 7.11 Å². The van der Waals surface area contributed by atoms with Crippen LogP contribution in [0.3, 0.4) is 0 Å². The summed E-state index contributed by atoms with van der Waals surface area (Å²) in [5.74, 6) is 0.703. The minimum absolute atomic E-state index is 0.219. The summed E-state index contributed by atoms with van der Waals surface area (Å²) in [7, 11) is -1.96. The van der Waals surface area contributed by atoms with E-state index in [0.29, 0.717) is 9.96 Å². The normalized spacial score (nSPS) is 11.4. The molecule has 6 heteroatoms. The molecule has 0 amide bonds. The average Bonchev–Trinajstić information content (AvgIpc) is 3.11. The average molecular weight is 373 g/mol. The first kappa shape index (κ1) is 17.7. The van der Waals surface area contributed by atoms with Crippen molar-refractivity contribution in [1.82, 2.24) is 4.72 Å². The van der Waals surface area contributed by atoms with Gasteiger partial charge in [-0.2, -0.15) is 0 Å². The van der Waals surface area contributed by atoms with Crippen molar-refractivity contribution in [3.05, 3.63) is 71.8 Å². The van der Waals surface area contributed by atoms with E-state index in [0.717, 1.165) is 21.6 Å². The molecule has 0 saturated carbocycles. The summed E-state index contributed by atoms with van der Waals surface area (Å²) in [4.78, 5) is 0.936. The first-order valence-electron chi connectivity index (χ1n) is 7.77. The van der Waals surface area contributed by atoms with E-state index in [1.165, 1.54) is 11.3 Å². The van der Waals surface area contributed by atoms with Gasteiger partial charge in [0.25, 0.3) is 0 Å². The number of aryl methyl sites for hydroxylation is 1. The van der Waals surface area contributed by atoms with Gasteiger partial charge in [0.15, 0.2) is 0 Å². The van der Waals surface area contributed by atoms with E-state index in [-0.39, 0.29) is 6.54 Å². The Morgan fingerprint density at radius 2 is 1.84 bits per heavy atom. The van der Waals surface area contributed by atoms with E-state index in [4.69, 9.17) is 4.74 Å². The Labute approximate surface area is 152 Å². The summed E-state index contributed by atoms with van der Waals surface area (Å²) in [5, 5.41) is 0. The van der Waals surface area contributed by atoms with Crippen molar-refractivity contribution < 1.29 is 13.2 Å². The lowest BCUT2D eigenvalue weighted by atomic mass is 10.1. The van der Waals surface area contributed by atoms with Gasteiger partial charge in [0.1, 0.15) is 9.96 Å². The molecule has 4 nitrogen and oxygen atoms in total. The molecule has 0 unspecified atom stereocenters. The molecule has 0 atom stereocenters. The molecular weight excluding hydrogens is 354 g/mol. The van der Waals surface area contributed by atoms with Gasteiger partial charge in [0, 0.05) is 11.4 Å². The van der Waals surface area contributed by atoms with Crippen molar-refractivity contribution in [3.63, 3.8) is 0 Å². The van der Waals surface area contributed by atoms with Gasteiger partial charge in [-0.05, 0) is 42.3 Å². The number of methoxy groups -OCH3 is 1. The molecule has 0 spiro atoms. The topological polar surface area (TPSA) is 55.4 Å². The molecule has 0 bridgehead atoms. The zero-order chi connectivity index (χ0) is 17.9. The van der Waals surface area contributed by atoms with Crippen LogP contribution in [0.1, 0.15) is 11.1 Å². The van der Waals surface area contributed by atoms with E-state index in [1.807, 2.05) is 61.5 Å². The lowest BCUT2D eigenvalue weighted by Gasteiger charge is -2.06. The van der Waals surface area contributed by atoms with Crippen LogP contribution in [0.25, 0.3) is 10.4 Å². The summed E-state index contributed by atoms with van der Waals surface area (Å²) in [6, 6.07) is 18.9. The van der Waals surface area contributed by atoms with E-state index in [9.17, 15) is 8.42 Å². The second-order valence-corrected chi connectivity index (χ2v) is 8.74. The molecule has 3 aromatic rings. The number of thiophene rings is 1. The molecule has 130 valence electrons. The third kappa shape index (κ3) is 4.28. The molecule has 1 aromatic heterocycles. The minimum Gasteiger partial charge on any atom is -0.497 e. The van der Waals surface area contributed by atoms with Gasteiger partial charge in [0.2, 0.25) is 10.0 Å². The maximum absolute atomic E-state index is 12.5. The molecule has 0 fully saturated rings. The van der Waals surface area contributed by atoms with Crippen molar-refractivity contribution in [2.75, 3.05) is 7.11 Å². The number of hydrogen-bond acceptors (Lipinski definition) is 4. The van der Waals surface area contributed by atoms with Gasteiger partial charge in [-0.3, -0.25) is 0 Å². The molecule has 25 heavy (non-hydrogen) atoms. The Kier molecular flexibility index (Phi) is 5.22. The molecule has 3 rings (SSSR count). The Hall–Kier alpha value is -2.15. The third-order valence-corrected chi connectivity index (χ3v) is 6.78. The van der Waals surface area contributed by atoms with Crippen LogP contribution in [0.2, 0.25) is 0 Å². The summed E-state index contributed by atoms with van der Waals surface area (Å²) < 4.78 is 33.2. The fourth-order valence-electron chi connectivity index (χ4n) is 2.45. The van der Waals surface area contributed by atoms with Gasteiger partial charge in [-0.25, -0.2) is 13.1 Å². The molecule has 0 radical (unpaired) electrons. The van der Waals surface area contributed by atoms with Gasteiger partial charge in [-0.1, -0.05) is 42.0 Å². The van der Waals surface area contributed by atoms with Crippen LogP contribution >= 0.6 is 11.3 Å². The van der Waals surface area contributed by atoms with Crippen LogP contribution < -0.4 is 9.46 Å². The fourth-order valence-corrected chi connectivity index (χ4v) is 4.81. The number of benzene rings is 2. The lowest BCUT2D eigenvalue weighted by molar-refractivity contribution is 0.414. The van der Waals surface area contributed by atoms with Crippen LogP contribution in [0.4, 0.5) is 0 Å². The zero-order valence-electron chi connectivity index (χ0n) is 14.0. The van der Waals surface area contributed by atoms with Crippen LogP contribution in [0.15, 0.2) is 64.9 Å². The first-order chi connectivity index (χ1) is 12.0. The maximum Gasteiger partial charge on any atom is 0.250 e. The summed E-state index contributed by atoms with van der Waals surface area (Å²) >= 11 is 1.27. The van der Waals surface area contributed by atoms with Gasteiger partial charge < -0.3 is 4.74 Å². The SMILES string of the molecule is COc1cccc(CNS(=O)(=O)c2ccc(-c3cccc(C)c3)s2)c1. The highest BCUT2D eigenvalue weighted by Crippen LogP contribution is 2.31. The number of nitrogens with one attached hydrogen (secondary N) is 1. The van der Waals surface area contributed by atoms with E-state index in [2.05, 4.69) is 4.72 Å². The Bertz CT molecular complexity index is 978. The smallest absolute Gasteiger partial charge is 0.250 e. The summed E-state index contributed by atoms with van der Waals surface area (Å²) in [6.07, 6.45) is 0.